The molecule has 6 heteroatoms. The Bertz CT molecular complexity index is 797. The fraction of sp³-hybridized carbons (Fsp3) is 0.0556. The minimum absolute atomic E-state index is 0.237. The molecule has 0 saturated heterocycles. The Labute approximate surface area is 147 Å². The Balaban J connectivity index is 2.07. The Morgan fingerprint density at radius 1 is 1.00 bits per heavy atom. The largest absolute Gasteiger partial charge is 0.465 e. The van der Waals surface area contributed by atoms with Gasteiger partial charge >= 0.3 is 5.97 Å². The van der Waals surface area contributed by atoms with Gasteiger partial charge in [0, 0.05) is 16.1 Å². The molecule has 0 heterocycles. The predicted octanol–water partition coefficient (Wildman–Crippen LogP) is 3.61. The number of para-hydroxylation sites is 1. The molecule has 0 unspecified atom stereocenters. The molecule has 0 aromatic heterocycles. The quantitative estimate of drug-likeness (QED) is 0.483. The Kier molecular flexibility index (Phi) is 6.03. The standard InChI is InChI=1S/C18H14BrNO4/c1-24-18(23)14-4-2-3-5-15(14)20-17(22)11-10-16(21)12-6-8-13(19)9-7-12/h2-11H,1H3,(H,20,22)/b11-10+. The second kappa shape index (κ2) is 8.21. The first-order valence-corrected chi connectivity index (χ1v) is 7.77. The molecule has 0 radical (unpaired) electrons. The summed E-state index contributed by atoms with van der Waals surface area (Å²) >= 11 is 3.29. The molecular weight excluding hydrogens is 374 g/mol. The number of halogens is 1. The molecule has 122 valence electrons. The lowest BCUT2D eigenvalue weighted by atomic mass is 10.1. The van der Waals surface area contributed by atoms with E-state index in [0.717, 1.165) is 10.5 Å². The molecule has 1 N–H and O–H groups in total. The zero-order chi connectivity index (χ0) is 17.5. The molecule has 0 aliphatic carbocycles. The van der Waals surface area contributed by atoms with Gasteiger partial charge in [-0.15, -0.1) is 0 Å². The topological polar surface area (TPSA) is 72.5 Å². The number of anilines is 1. The van der Waals surface area contributed by atoms with Crippen LogP contribution in [0.5, 0.6) is 0 Å². The first kappa shape index (κ1) is 17.6. The van der Waals surface area contributed by atoms with E-state index in [1.54, 1.807) is 42.5 Å². The minimum Gasteiger partial charge on any atom is -0.465 e. The summed E-state index contributed by atoms with van der Waals surface area (Å²) in [5.41, 5.74) is 1.02. The summed E-state index contributed by atoms with van der Waals surface area (Å²) in [6.45, 7) is 0. The second-order valence-corrected chi connectivity index (χ2v) is 5.65. The molecule has 0 saturated carbocycles. The minimum atomic E-state index is -0.555. The van der Waals surface area contributed by atoms with Crippen molar-refractivity contribution in [1.82, 2.24) is 0 Å². The van der Waals surface area contributed by atoms with E-state index in [1.165, 1.54) is 19.3 Å². The van der Waals surface area contributed by atoms with E-state index in [2.05, 4.69) is 26.0 Å². The zero-order valence-corrected chi connectivity index (χ0v) is 14.4. The number of hydrogen-bond donors (Lipinski definition) is 1. The van der Waals surface area contributed by atoms with Gasteiger partial charge < -0.3 is 10.1 Å². The van der Waals surface area contributed by atoms with E-state index < -0.39 is 11.9 Å². The van der Waals surface area contributed by atoms with E-state index in [9.17, 15) is 14.4 Å². The van der Waals surface area contributed by atoms with Crippen molar-refractivity contribution in [3.63, 3.8) is 0 Å². The van der Waals surface area contributed by atoms with Crippen LogP contribution in [-0.2, 0) is 9.53 Å². The number of allylic oxidation sites excluding steroid dienone is 1. The van der Waals surface area contributed by atoms with E-state index in [4.69, 9.17) is 0 Å². The van der Waals surface area contributed by atoms with Crippen LogP contribution in [0, 0.1) is 0 Å². The van der Waals surface area contributed by atoms with Crippen molar-refractivity contribution in [2.45, 2.75) is 0 Å². The first-order valence-electron chi connectivity index (χ1n) is 6.97. The molecule has 0 fully saturated rings. The number of rotatable bonds is 5. The van der Waals surface area contributed by atoms with Crippen LogP contribution >= 0.6 is 15.9 Å². The fourth-order valence-electron chi connectivity index (χ4n) is 1.92. The Morgan fingerprint density at radius 3 is 2.33 bits per heavy atom. The van der Waals surface area contributed by atoms with E-state index in [1.807, 2.05) is 0 Å². The predicted molar refractivity (Wildman–Crippen MR) is 94.0 cm³/mol. The third kappa shape index (κ3) is 4.63. The summed E-state index contributed by atoms with van der Waals surface area (Å²) in [5, 5.41) is 2.56. The summed E-state index contributed by atoms with van der Waals surface area (Å²) in [6.07, 6.45) is 2.30. The molecule has 0 aliphatic heterocycles. The van der Waals surface area contributed by atoms with Gasteiger partial charge in [0.25, 0.3) is 0 Å². The third-order valence-electron chi connectivity index (χ3n) is 3.11. The molecule has 5 nitrogen and oxygen atoms in total. The van der Waals surface area contributed by atoms with Crippen LogP contribution in [0.2, 0.25) is 0 Å². The highest BCUT2D eigenvalue weighted by Crippen LogP contribution is 2.16. The van der Waals surface area contributed by atoms with Gasteiger partial charge in [-0.3, -0.25) is 9.59 Å². The fourth-order valence-corrected chi connectivity index (χ4v) is 2.18. The van der Waals surface area contributed by atoms with Gasteiger partial charge in [-0.1, -0.05) is 28.1 Å². The number of hydrogen-bond acceptors (Lipinski definition) is 4. The van der Waals surface area contributed by atoms with Crippen molar-refractivity contribution in [3.05, 3.63) is 76.3 Å². The van der Waals surface area contributed by atoms with Crippen LogP contribution in [0.15, 0.2) is 65.2 Å². The van der Waals surface area contributed by atoms with Crippen LogP contribution in [0.25, 0.3) is 0 Å². The number of ketones is 1. The van der Waals surface area contributed by atoms with Crippen LogP contribution in [0.4, 0.5) is 5.69 Å². The zero-order valence-electron chi connectivity index (χ0n) is 12.8. The number of benzene rings is 2. The number of amides is 1. The van der Waals surface area contributed by atoms with Crippen molar-refractivity contribution in [2.75, 3.05) is 12.4 Å². The van der Waals surface area contributed by atoms with Gasteiger partial charge in [-0.2, -0.15) is 0 Å². The second-order valence-electron chi connectivity index (χ2n) is 4.73. The van der Waals surface area contributed by atoms with Crippen LogP contribution in [-0.4, -0.2) is 24.8 Å². The average molecular weight is 388 g/mol. The summed E-state index contributed by atoms with van der Waals surface area (Å²) in [5.74, 6) is -1.36. The van der Waals surface area contributed by atoms with Crippen LogP contribution in [0.3, 0.4) is 0 Å². The van der Waals surface area contributed by atoms with E-state index >= 15 is 0 Å². The maximum Gasteiger partial charge on any atom is 0.339 e. The summed E-state index contributed by atoms with van der Waals surface area (Å²) < 4.78 is 5.52. The highest BCUT2D eigenvalue weighted by atomic mass is 79.9. The van der Waals surface area contributed by atoms with Gasteiger partial charge in [0.15, 0.2) is 5.78 Å². The highest BCUT2D eigenvalue weighted by molar-refractivity contribution is 9.10. The maximum absolute atomic E-state index is 12.0. The molecule has 0 atom stereocenters. The SMILES string of the molecule is COC(=O)c1ccccc1NC(=O)/C=C/C(=O)c1ccc(Br)cc1. The molecule has 0 spiro atoms. The molecular formula is C18H14BrNO4. The maximum atomic E-state index is 12.0. The molecule has 0 bridgehead atoms. The first-order chi connectivity index (χ1) is 11.5. The summed E-state index contributed by atoms with van der Waals surface area (Å²) in [4.78, 5) is 35.6. The molecule has 0 aliphatic rings. The summed E-state index contributed by atoms with van der Waals surface area (Å²) in [6, 6.07) is 13.3. The lowest BCUT2D eigenvalue weighted by Crippen LogP contribution is -2.13. The molecule has 24 heavy (non-hydrogen) atoms. The lowest BCUT2D eigenvalue weighted by Gasteiger charge is -2.07. The monoisotopic (exact) mass is 387 g/mol. The number of methoxy groups -OCH3 is 1. The Morgan fingerprint density at radius 2 is 1.67 bits per heavy atom. The van der Waals surface area contributed by atoms with E-state index in [-0.39, 0.29) is 11.3 Å². The van der Waals surface area contributed by atoms with Gasteiger partial charge in [0.05, 0.1) is 18.4 Å². The number of nitrogens with one attached hydrogen (secondary N) is 1. The van der Waals surface area contributed by atoms with Gasteiger partial charge in [0.2, 0.25) is 5.91 Å². The molecule has 2 rings (SSSR count). The van der Waals surface area contributed by atoms with Crippen LogP contribution < -0.4 is 5.32 Å². The third-order valence-corrected chi connectivity index (χ3v) is 3.63. The van der Waals surface area contributed by atoms with E-state index in [0.29, 0.717) is 11.3 Å². The van der Waals surface area contributed by atoms with Crippen molar-refractivity contribution >= 4 is 39.3 Å². The highest BCUT2D eigenvalue weighted by Gasteiger charge is 2.12. The van der Waals surface area contributed by atoms with Gasteiger partial charge in [0.1, 0.15) is 0 Å². The summed E-state index contributed by atoms with van der Waals surface area (Å²) in [7, 11) is 1.26. The van der Waals surface area contributed by atoms with Crippen molar-refractivity contribution < 1.29 is 19.1 Å². The molecule has 2 aromatic rings. The van der Waals surface area contributed by atoms with Crippen LogP contribution in [0.1, 0.15) is 20.7 Å². The van der Waals surface area contributed by atoms with Gasteiger partial charge in [-0.25, -0.2) is 4.79 Å². The normalized spacial score (nSPS) is 10.4. The number of esters is 1. The van der Waals surface area contributed by atoms with Crippen molar-refractivity contribution in [3.8, 4) is 0 Å². The smallest absolute Gasteiger partial charge is 0.339 e. The van der Waals surface area contributed by atoms with Gasteiger partial charge in [-0.05, 0) is 42.5 Å². The Hall–Kier alpha value is -2.73. The number of carbonyl (C=O) groups is 3. The molecule has 2 aromatic carbocycles. The average Bonchev–Trinajstić information content (AvgIpc) is 2.60. The lowest BCUT2D eigenvalue weighted by molar-refractivity contribution is -0.111. The number of carbonyl (C=O) groups excluding carboxylic acids is 3. The molecule has 1 amide bonds. The number of ether oxygens (including phenoxy) is 1. The van der Waals surface area contributed by atoms with Crippen molar-refractivity contribution in [1.29, 1.82) is 0 Å². The van der Waals surface area contributed by atoms with Crippen molar-refractivity contribution in [2.24, 2.45) is 0 Å².